The van der Waals surface area contributed by atoms with Crippen LogP contribution >= 0.6 is 24.8 Å². The molecular formula is C19H26Cl2N4O. The van der Waals surface area contributed by atoms with Crippen LogP contribution in [0.25, 0.3) is 0 Å². The molecule has 142 valence electrons. The van der Waals surface area contributed by atoms with Gasteiger partial charge in [-0.15, -0.1) is 24.8 Å². The molecule has 1 fully saturated rings. The zero-order chi connectivity index (χ0) is 16.5. The fraction of sp³-hybridized carbons (Fsp3) is 0.474. The molecule has 2 unspecified atom stereocenters. The normalized spacial score (nSPS) is 20.0. The van der Waals surface area contributed by atoms with Crippen molar-refractivity contribution in [3.05, 3.63) is 47.7 Å². The number of aromatic nitrogens is 2. The molecule has 2 heterocycles. The number of hydrogen-bond donors (Lipinski definition) is 2. The molecule has 2 atom stereocenters. The predicted octanol–water partition coefficient (Wildman–Crippen LogP) is 3.45. The van der Waals surface area contributed by atoms with Crippen LogP contribution in [0.1, 0.15) is 36.9 Å². The van der Waals surface area contributed by atoms with Gasteiger partial charge in [0.05, 0.1) is 12.2 Å². The van der Waals surface area contributed by atoms with Crippen LogP contribution in [-0.2, 0) is 11.2 Å². The SMILES string of the molecule is CC(C(=O)Nc1ccnn1C1CCCc2ccccc21)C1CNC1.Cl.Cl. The number of anilines is 1. The topological polar surface area (TPSA) is 59.0 Å². The number of amides is 1. The molecule has 1 amide bonds. The molecule has 5 nitrogen and oxygen atoms in total. The molecule has 1 aromatic carbocycles. The number of rotatable bonds is 4. The van der Waals surface area contributed by atoms with E-state index in [1.807, 2.05) is 17.7 Å². The van der Waals surface area contributed by atoms with E-state index in [0.29, 0.717) is 5.92 Å². The van der Waals surface area contributed by atoms with Crippen molar-refractivity contribution >= 4 is 36.5 Å². The summed E-state index contributed by atoms with van der Waals surface area (Å²) in [6.45, 7) is 3.88. The highest BCUT2D eigenvalue weighted by atomic mass is 35.5. The Morgan fingerprint density at radius 1 is 1.27 bits per heavy atom. The van der Waals surface area contributed by atoms with Crippen LogP contribution in [0.3, 0.4) is 0 Å². The van der Waals surface area contributed by atoms with E-state index in [2.05, 4.69) is 40.0 Å². The number of aryl methyl sites for hydroxylation is 1. The molecule has 2 N–H and O–H groups in total. The second-order valence-corrected chi connectivity index (χ2v) is 6.96. The first kappa shape index (κ1) is 20.7. The minimum absolute atomic E-state index is 0. The molecule has 1 aliphatic heterocycles. The number of fused-ring (bicyclic) bond motifs is 1. The second kappa shape index (κ2) is 8.89. The maximum atomic E-state index is 12.5. The molecule has 4 rings (SSSR count). The zero-order valence-electron chi connectivity index (χ0n) is 14.9. The Bertz CT molecular complexity index is 745. The summed E-state index contributed by atoms with van der Waals surface area (Å²) in [6.07, 6.45) is 5.12. The largest absolute Gasteiger partial charge is 0.316 e. The van der Waals surface area contributed by atoms with Crippen molar-refractivity contribution in [2.24, 2.45) is 11.8 Å². The van der Waals surface area contributed by atoms with Crippen molar-refractivity contribution < 1.29 is 4.79 Å². The van der Waals surface area contributed by atoms with Crippen LogP contribution in [0.15, 0.2) is 36.5 Å². The summed E-state index contributed by atoms with van der Waals surface area (Å²) in [4.78, 5) is 12.5. The van der Waals surface area contributed by atoms with Gasteiger partial charge in [0.1, 0.15) is 5.82 Å². The Balaban J connectivity index is 0.00000121. The van der Waals surface area contributed by atoms with E-state index in [9.17, 15) is 4.79 Å². The van der Waals surface area contributed by atoms with Gasteiger partial charge in [-0.25, -0.2) is 4.68 Å². The van der Waals surface area contributed by atoms with E-state index in [1.54, 1.807) is 6.20 Å². The highest BCUT2D eigenvalue weighted by Gasteiger charge is 2.30. The van der Waals surface area contributed by atoms with E-state index in [4.69, 9.17) is 0 Å². The third kappa shape index (κ3) is 3.90. The van der Waals surface area contributed by atoms with Crippen molar-refractivity contribution in [1.82, 2.24) is 15.1 Å². The number of nitrogens with zero attached hydrogens (tertiary/aromatic N) is 2. The van der Waals surface area contributed by atoms with E-state index in [-0.39, 0.29) is 42.7 Å². The highest BCUT2D eigenvalue weighted by Crippen LogP contribution is 2.34. The number of benzene rings is 1. The van der Waals surface area contributed by atoms with Gasteiger partial charge in [-0.3, -0.25) is 4.79 Å². The van der Waals surface area contributed by atoms with Gasteiger partial charge >= 0.3 is 0 Å². The van der Waals surface area contributed by atoms with Gasteiger partial charge in [0, 0.05) is 12.0 Å². The molecule has 0 radical (unpaired) electrons. The Morgan fingerprint density at radius 2 is 2.04 bits per heavy atom. The van der Waals surface area contributed by atoms with Gasteiger partial charge in [-0.05, 0) is 49.4 Å². The number of halogens is 2. The lowest BCUT2D eigenvalue weighted by molar-refractivity contribution is -0.121. The Kier molecular flexibility index (Phi) is 7.09. The van der Waals surface area contributed by atoms with Crippen LogP contribution in [0.2, 0.25) is 0 Å². The van der Waals surface area contributed by atoms with Crippen LogP contribution in [0.4, 0.5) is 5.82 Å². The van der Waals surface area contributed by atoms with Gasteiger partial charge < -0.3 is 10.6 Å². The van der Waals surface area contributed by atoms with Gasteiger partial charge in [0.25, 0.3) is 0 Å². The van der Waals surface area contributed by atoms with Gasteiger partial charge in [0.2, 0.25) is 5.91 Å². The zero-order valence-corrected chi connectivity index (χ0v) is 16.5. The summed E-state index contributed by atoms with van der Waals surface area (Å²) in [5.74, 6) is 1.36. The monoisotopic (exact) mass is 396 g/mol. The molecule has 0 spiro atoms. The molecule has 2 aliphatic rings. The fourth-order valence-electron chi connectivity index (χ4n) is 3.76. The van der Waals surface area contributed by atoms with Crippen molar-refractivity contribution in [2.45, 2.75) is 32.2 Å². The highest BCUT2D eigenvalue weighted by molar-refractivity contribution is 5.91. The number of carbonyl (C=O) groups is 1. The molecule has 26 heavy (non-hydrogen) atoms. The molecule has 1 aliphatic carbocycles. The van der Waals surface area contributed by atoms with E-state index in [1.165, 1.54) is 11.1 Å². The number of nitrogens with one attached hydrogen (secondary N) is 2. The predicted molar refractivity (Wildman–Crippen MR) is 108 cm³/mol. The average Bonchev–Trinajstić information content (AvgIpc) is 3.00. The minimum Gasteiger partial charge on any atom is -0.316 e. The van der Waals surface area contributed by atoms with Crippen molar-refractivity contribution in [1.29, 1.82) is 0 Å². The summed E-state index contributed by atoms with van der Waals surface area (Å²) >= 11 is 0. The smallest absolute Gasteiger partial charge is 0.228 e. The summed E-state index contributed by atoms with van der Waals surface area (Å²) in [7, 11) is 0. The van der Waals surface area contributed by atoms with Crippen LogP contribution in [0, 0.1) is 11.8 Å². The summed E-state index contributed by atoms with van der Waals surface area (Å²) in [5, 5.41) is 10.9. The van der Waals surface area contributed by atoms with Crippen molar-refractivity contribution in [3.8, 4) is 0 Å². The standard InChI is InChI=1S/C19H24N4O.2ClH/c1-13(15-11-20-12-15)19(24)22-18-9-10-21-23(18)17-8-4-6-14-5-2-3-7-16(14)17;;/h2-3,5,7,9-10,13,15,17,20H,4,6,8,11-12H2,1H3,(H,22,24);2*1H. The van der Waals surface area contributed by atoms with E-state index >= 15 is 0 Å². The summed E-state index contributed by atoms with van der Waals surface area (Å²) < 4.78 is 1.99. The Hall–Kier alpha value is -1.56. The lowest BCUT2D eigenvalue weighted by Crippen LogP contribution is -2.48. The lowest BCUT2D eigenvalue weighted by Gasteiger charge is -2.32. The maximum Gasteiger partial charge on any atom is 0.228 e. The van der Waals surface area contributed by atoms with Crippen LogP contribution < -0.4 is 10.6 Å². The van der Waals surface area contributed by atoms with Gasteiger partial charge in [-0.1, -0.05) is 31.2 Å². The van der Waals surface area contributed by atoms with E-state index in [0.717, 1.165) is 38.2 Å². The molecule has 1 aromatic heterocycles. The van der Waals surface area contributed by atoms with Gasteiger partial charge in [0.15, 0.2) is 0 Å². The third-order valence-corrected chi connectivity index (χ3v) is 5.49. The van der Waals surface area contributed by atoms with Gasteiger partial charge in [-0.2, -0.15) is 5.10 Å². The molecule has 2 aromatic rings. The third-order valence-electron chi connectivity index (χ3n) is 5.49. The Morgan fingerprint density at radius 3 is 2.77 bits per heavy atom. The molecule has 0 bridgehead atoms. The first-order valence-electron chi connectivity index (χ1n) is 8.87. The second-order valence-electron chi connectivity index (χ2n) is 6.96. The quantitative estimate of drug-likeness (QED) is 0.831. The van der Waals surface area contributed by atoms with E-state index < -0.39 is 0 Å². The minimum atomic E-state index is 0. The van der Waals surface area contributed by atoms with Crippen molar-refractivity contribution in [3.63, 3.8) is 0 Å². The first-order valence-corrected chi connectivity index (χ1v) is 8.87. The van der Waals surface area contributed by atoms with Crippen LogP contribution in [0.5, 0.6) is 0 Å². The maximum absolute atomic E-state index is 12.5. The average molecular weight is 397 g/mol. The molecule has 1 saturated heterocycles. The first-order chi connectivity index (χ1) is 11.7. The molecule has 7 heteroatoms. The van der Waals surface area contributed by atoms with Crippen LogP contribution in [-0.4, -0.2) is 28.8 Å². The number of hydrogen-bond acceptors (Lipinski definition) is 3. The Labute approximate surface area is 166 Å². The lowest BCUT2D eigenvalue weighted by atomic mass is 9.87. The molecule has 0 saturated carbocycles. The summed E-state index contributed by atoms with van der Waals surface area (Å²) in [6, 6.07) is 10.7. The fourth-order valence-corrected chi connectivity index (χ4v) is 3.76. The molecular weight excluding hydrogens is 371 g/mol. The van der Waals surface area contributed by atoms with Crippen molar-refractivity contribution in [2.75, 3.05) is 18.4 Å². The summed E-state index contributed by atoms with van der Waals surface area (Å²) in [5.41, 5.74) is 2.73. The number of carbonyl (C=O) groups excluding carboxylic acids is 1.